The predicted molar refractivity (Wildman–Crippen MR) is 130 cm³/mol. The first-order valence-electron chi connectivity index (χ1n) is 11.6. The van der Waals surface area contributed by atoms with E-state index in [-0.39, 0.29) is 24.3 Å². The van der Waals surface area contributed by atoms with Crippen LogP contribution >= 0.6 is 23.4 Å². The summed E-state index contributed by atoms with van der Waals surface area (Å²) in [7, 11) is 0. The first-order valence-corrected chi connectivity index (χ1v) is 12.8. The maximum Gasteiger partial charge on any atom is 0.248 e. The molecule has 0 aromatic heterocycles. The molecule has 1 aromatic carbocycles. The van der Waals surface area contributed by atoms with E-state index < -0.39 is 33.4 Å². The minimum absolute atomic E-state index is 0.119. The van der Waals surface area contributed by atoms with Gasteiger partial charge in [0.1, 0.15) is 6.04 Å². The molecule has 0 radical (unpaired) electrons. The lowest BCUT2D eigenvalue weighted by atomic mass is 9.66. The van der Waals surface area contributed by atoms with E-state index in [0.717, 1.165) is 18.4 Å². The molecule has 9 heteroatoms. The van der Waals surface area contributed by atoms with Crippen molar-refractivity contribution in [1.29, 1.82) is 0 Å². The van der Waals surface area contributed by atoms with E-state index in [4.69, 9.17) is 11.6 Å². The summed E-state index contributed by atoms with van der Waals surface area (Å²) in [5.74, 6) is -1.78. The van der Waals surface area contributed by atoms with E-state index in [1.165, 1.54) is 4.90 Å². The Labute approximate surface area is 204 Å². The molecule has 0 aliphatic carbocycles. The van der Waals surface area contributed by atoms with Crippen LogP contribution in [0.5, 0.6) is 0 Å². The molecule has 2 bridgehead atoms. The monoisotopic (exact) mass is 493 g/mol. The SMILES string of the molecule is CCCNC(=O)[C@@H]1[C@H]2C(=O)N([C@H](C)CO)C(C(=O)Nc3c(C)cccc3Cl)C23CC[C@@]1(C)S3. The number of thioether (sulfide) groups is 1. The highest BCUT2D eigenvalue weighted by atomic mass is 35.5. The Bertz CT molecular complexity index is 970. The molecule has 33 heavy (non-hydrogen) atoms. The number of nitrogens with zero attached hydrogens (tertiary/aromatic N) is 1. The Morgan fingerprint density at radius 3 is 2.70 bits per heavy atom. The number of hydrogen-bond donors (Lipinski definition) is 3. The standard InChI is InChI=1S/C24H32ClN3O4S/c1-5-11-26-20(30)16-17-22(32)28(14(3)12-29)19(24(17)10-9-23(16,4)33-24)21(31)27-18-13(2)7-6-8-15(18)25/h6-8,14,16-17,19,29H,5,9-12H2,1-4H3,(H,26,30)(H,27,31)/t14-,16+,17+,19?,23-,24?/m1/s1. The lowest BCUT2D eigenvalue weighted by Gasteiger charge is -2.36. The summed E-state index contributed by atoms with van der Waals surface area (Å²) in [5, 5.41) is 16.3. The summed E-state index contributed by atoms with van der Waals surface area (Å²) < 4.78 is -1.13. The van der Waals surface area contributed by atoms with E-state index in [0.29, 0.717) is 23.7 Å². The Hall–Kier alpha value is -1.77. The molecule has 3 amide bonds. The number of benzene rings is 1. The van der Waals surface area contributed by atoms with Crippen LogP contribution in [0.2, 0.25) is 5.02 Å². The fourth-order valence-corrected chi connectivity index (χ4v) is 8.58. The average molecular weight is 494 g/mol. The van der Waals surface area contributed by atoms with Gasteiger partial charge in [-0.25, -0.2) is 0 Å². The van der Waals surface area contributed by atoms with Crippen LogP contribution in [0, 0.1) is 18.8 Å². The van der Waals surface area contributed by atoms with Crippen molar-refractivity contribution in [1.82, 2.24) is 10.2 Å². The number of para-hydroxylation sites is 1. The minimum Gasteiger partial charge on any atom is -0.394 e. The van der Waals surface area contributed by atoms with Gasteiger partial charge in [0.05, 0.1) is 39.9 Å². The van der Waals surface area contributed by atoms with Crippen LogP contribution in [-0.2, 0) is 14.4 Å². The molecular weight excluding hydrogens is 462 g/mol. The number of anilines is 1. The molecule has 0 saturated carbocycles. The maximum absolute atomic E-state index is 13.8. The van der Waals surface area contributed by atoms with Crippen LogP contribution in [0.4, 0.5) is 5.69 Å². The average Bonchev–Trinajstić information content (AvgIpc) is 3.35. The molecule has 3 aliphatic rings. The summed E-state index contributed by atoms with van der Waals surface area (Å²) in [6, 6.07) is 4.04. The Morgan fingerprint density at radius 2 is 2.06 bits per heavy atom. The van der Waals surface area contributed by atoms with E-state index in [9.17, 15) is 19.5 Å². The number of rotatable bonds is 7. The number of halogens is 1. The molecule has 4 rings (SSSR count). The highest BCUT2D eigenvalue weighted by molar-refractivity contribution is 8.02. The fourth-order valence-electron chi connectivity index (χ4n) is 5.97. The first-order chi connectivity index (χ1) is 15.6. The number of likely N-dealkylation sites (tertiary alicyclic amines) is 1. The third-order valence-corrected chi connectivity index (χ3v) is 9.80. The summed E-state index contributed by atoms with van der Waals surface area (Å²) >= 11 is 7.98. The number of carbonyl (C=O) groups excluding carboxylic acids is 3. The van der Waals surface area contributed by atoms with Gasteiger partial charge in [0.15, 0.2) is 0 Å². The van der Waals surface area contributed by atoms with Gasteiger partial charge in [-0.2, -0.15) is 0 Å². The van der Waals surface area contributed by atoms with Gasteiger partial charge in [0, 0.05) is 11.3 Å². The Balaban J connectivity index is 1.75. The van der Waals surface area contributed by atoms with Gasteiger partial charge in [-0.1, -0.05) is 30.7 Å². The lowest BCUT2D eigenvalue weighted by molar-refractivity contribution is -0.142. The highest BCUT2D eigenvalue weighted by Gasteiger charge is 2.77. The fraction of sp³-hybridized carbons (Fsp3) is 0.625. The number of hydrogen-bond acceptors (Lipinski definition) is 5. The number of aryl methyl sites for hydroxylation is 1. The van der Waals surface area contributed by atoms with Gasteiger partial charge >= 0.3 is 0 Å². The minimum atomic E-state index is -0.802. The van der Waals surface area contributed by atoms with Crippen molar-refractivity contribution in [2.75, 3.05) is 18.5 Å². The molecule has 3 N–H and O–H groups in total. The molecule has 3 heterocycles. The first kappa shape index (κ1) is 24.4. The number of aliphatic hydroxyl groups is 1. The lowest BCUT2D eigenvalue weighted by Crippen LogP contribution is -2.54. The van der Waals surface area contributed by atoms with Crippen molar-refractivity contribution < 1.29 is 19.5 Å². The van der Waals surface area contributed by atoms with E-state index in [2.05, 4.69) is 10.6 Å². The third kappa shape index (κ3) is 3.65. The molecule has 1 aromatic rings. The smallest absolute Gasteiger partial charge is 0.248 e. The van der Waals surface area contributed by atoms with Crippen molar-refractivity contribution in [3.63, 3.8) is 0 Å². The highest BCUT2D eigenvalue weighted by Crippen LogP contribution is 2.71. The molecule has 3 fully saturated rings. The van der Waals surface area contributed by atoms with Crippen molar-refractivity contribution in [3.05, 3.63) is 28.8 Å². The van der Waals surface area contributed by atoms with Gasteiger partial charge < -0.3 is 20.6 Å². The number of aliphatic hydroxyl groups excluding tert-OH is 1. The van der Waals surface area contributed by atoms with Gasteiger partial charge in [0.25, 0.3) is 0 Å². The van der Waals surface area contributed by atoms with Gasteiger partial charge in [-0.05, 0) is 51.7 Å². The topological polar surface area (TPSA) is 98.7 Å². The second-order valence-corrected chi connectivity index (χ2v) is 12.0. The van der Waals surface area contributed by atoms with Crippen LogP contribution < -0.4 is 10.6 Å². The number of fused-ring (bicyclic) bond motifs is 1. The van der Waals surface area contributed by atoms with Crippen LogP contribution in [0.3, 0.4) is 0 Å². The van der Waals surface area contributed by atoms with Crippen molar-refractivity contribution in [2.24, 2.45) is 11.8 Å². The van der Waals surface area contributed by atoms with Gasteiger partial charge in [0.2, 0.25) is 17.7 Å². The quantitative estimate of drug-likeness (QED) is 0.542. The van der Waals surface area contributed by atoms with Crippen LogP contribution in [0.25, 0.3) is 0 Å². The van der Waals surface area contributed by atoms with Crippen LogP contribution in [-0.4, -0.2) is 62.5 Å². The maximum atomic E-state index is 13.8. The van der Waals surface area contributed by atoms with E-state index in [1.54, 1.807) is 24.8 Å². The molecule has 6 atom stereocenters. The van der Waals surface area contributed by atoms with Gasteiger partial charge in [-0.3, -0.25) is 14.4 Å². The van der Waals surface area contributed by atoms with Crippen molar-refractivity contribution >= 4 is 46.8 Å². The second-order valence-electron chi connectivity index (χ2n) is 9.72. The van der Waals surface area contributed by atoms with E-state index >= 15 is 0 Å². The molecule has 3 aliphatic heterocycles. The van der Waals surface area contributed by atoms with E-state index in [1.807, 2.05) is 32.9 Å². The van der Waals surface area contributed by atoms with Crippen LogP contribution in [0.1, 0.15) is 45.6 Å². The summed E-state index contributed by atoms with van der Waals surface area (Å²) in [6.07, 6.45) is 2.22. The predicted octanol–water partition coefficient (Wildman–Crippen LogP) is 2.98. The zero-order valence-corrected chi connectivity index (χ0v) is 21.1. The van der Waals surface area contributed by atoms with Gasteiger partial charge in [-0.15, -0.1) is 11.8 Å². The third-order valence-electron chi connectivity index (χ3n) is 7.50. The normalized spacial score (nSPS) is 33.2. The van der Waals surface area contributed by atoms with Crippen molar-refractivity contribution in [2.45, 2.75) is 68.5 Å². The zero-order valence-electron chi connectivity index (χ0n) is 19.5. The summed E-state index contributed by atoms with van der Waals surface area (Å²) in [4.78, 5) is 42.4. The Morgan fingerprint density at radius 1 is 1.33 bits per heavy atom. The summed E-state index contributed by atoms with van der Waals surface area (Å²) in [5.41, 5.74) is 1.34. The number of nitrogens with one attached hydrogen (secondary N) is 2. The molecule has 2 unspecified atom stereocenters. The van der Waals surface area contributed by atoms with Crippen molar-refractivity contribution in [3.8, 4) is 0 Å². The molecule has 1 spiro atoms. The van der Waals surface area contributed by atoms with Crippen LogP contribution in [0.15, 0.2) is 18.2 Å². The zero-order chi connectivity index (χ0) is 24.1. The Kier molecular flexibility index (Phi) is 6.48. The summed E-state index contributed by atoms with van der Waals surface area (Å²) in [6.45, 7) is 7.92. The molecule has 180 valence electrons. The number of amides is 3. The largest absolute Gasteiger partial charge is 0.394 e. The molecule has 3 saturated heterocycles. The molecular formula is C24H32ClN3O4S. The second kappa shape index (κ2) is 8.78. The molecule has 7 nitrogen and oxygen atoms in total. The number of carbonyl (C=O) groups is 3.